The van der Waals surface area contributed by atoms with E-state index in [4.69, 9.17) is 15.5 Å². The molecule has 0 aliphatic rings. The largest absolute Gasteiger partial charge is 0.507 e. The molecule has 0 amide bonds. The van der Waals surface area contributed by atoms with Crippen molar-refractivity contribution < 1.29 is 31.0 Å². The molecular formula is C63H70N3OPd-. The molecule has 4 nitrogen and oxygen atoms in total. The van der Waals surface area contributed by atoms with E-state index in [1.165, 1.54) is 5.56 Å². The van der Waals surface area contributed by atoms with Crippen molar-refractivity contribution in [2.24, 2.45) is 5.41 Å². The van der Waals surface area contributed by atoms with Gasteiger partial charge in [0.2, 0.25) is 0 Å². The van der Waals surface area contributed by atoms with E-state index in [9.17, 15) is 5.11 Å². The van der Waals surface area contributed by atoms with E-state index < -0.39 is 11.8 Å². The SMILES string of the molecule is [2H]c1cc(C([2H])([2H])C(C)(C)C)cc([2H])c1-c1ccnc(-c2[c-]c(-c3cccc4c3nc(-c3cc(C(C)(C)C)cc(C(C)(C)C)c3O)n4-c3ccc(C(C)(C)C)cc3-c3ccccc3)cc(C(C)(C)C)c2)c1.[Pd]. The zero-order chi connectivity index (χ0) is 52.0. The molecule has 0 unspecified atom stereocenters. The molecule has 0 aliphatic carbocycles. The monoisotopic (exact) mass is 994 g/mol. The second kappa shape index (κ2) is 18.4. The van der Waals surface area contributed by atoms with Gasteiger partial charge >= 0.3 is 0 Å². The predicted octanol–water partition coefficient (Wildman–Crippen LogP) is 17.0. The third-order valence-corrected chi connectivity index (χ3v) is 12.5. The van der Waals surface area contributed by atoms with Crippen molar-refractivity contribution in [2.45, 2.75) is 132 Å². The molecule has 0 bridgehead atoms. The number of phenols is 1. The first-order valence-electron chi connectivity index (χ1n) is 25.6. The van der Waals surface area contributed by atoms with E-state index in [-0.39, 0.29) is 59.9 Å². The van der Waals surface area contributed by atoms with Gasteiger partial charge in [0, 0.05) is 46.2 Å². The Balaban J connectivity index is 0.00000760. The quantitative estimate of drug-likeness (QED) is 0.128. The van der Waals surface area contributed by atoms with Crippen LogP contribution in [0.3, 0.4) is 0 Å². The summed E-state index contributed by atoms with van der Waals surface area (Å²) in [6.07, 6.45) is -0.0386. The number of aromatic hydroxyl groups is 1. The Hall–Kier alpha value is -5.60. The van der Waals surface area contributed by atoms with Gasteiger partial charge in [0.15, 0.2) is 0 Å². The van der Waals surface area contributed by atoms with Gasteiger partial charge in [-0.15, -0.1) is 29.3 Å². The van der Waals surface area contributed by atoms with Gasteiger partial charge in [-0.1, -0.05) is 200 Å². The number of benzene rings is 6. The molecule has 0 spiro atoms. The van der Waals surface area contributed by atoms with E-state index in [0.717, 1.165) is 61.2 Å². The van der Waals surface area contributed by atoms with Crippen LogP contribution in [0, 0.1) is 11.5 Å². The minimum Gasteiger partial charge on any atom is -0.507 e. The molecule has 354 valence electrons. The van der Waals surface area contributed by atoms with Crippen LogP contribution in [0.25, 0.3) is 72.7 Å². The average Bonchev–Trinajstić information content (AvgIpc) is 3.66. The van der Waals surface area contributed by atoms with Gasteiger partial charge < -0.3 is 5.11 Å². The summed E-state index contributed by atoms with van der Waals surface area (Å²) < 4.78 is 38.1. The molecule has 1 N–H and O–H groups in total. The van der Waals surface area contributed by atoms with Crippen LogP contribution < -0.4 is 0 Å². The number of pyridine rings is 1. The minimum atomic E-state index is -1.74. The summed E-state index contributed by atoms with van der Waals surface area (Å²) in [7, 11) is 0. The maximum Gasteiger partial charge on any atom is 0.148 e. The standard InChI is InChI=1S/C63H70N3O.Pd/c1-59(2,3)39-40-24-26-41(27-25-40)43-30-31-64-53(35-43)45-32-44(33-47(34-45)61(7,8)9)49-22-19-23-55-56(49)65-58(51-37-48(62(10,11)12)38-52(57(51)67)63(13,14)15)66(55)54-29-28-46(60(4,5)6)36-50(54)42-20-17-16-18-21-42;/h16-31,33-38,67H,39H2,1-15H3;/q-1;/i26D,27D,39D2;. The molecule has 5 heteroatoms. The Kier molecular flexibility index (Phi) is 12.1. The number of imidazole rings is 1. The van der Waals surface area contributed by atoms with E-state index >= 15 is 0 Å². The molecule has 0 atom stereocenters. The number of aromatic nitrogens is 3. The molecule has 8 rings (SSSR count). The van der Waals surface area contributed by atoms with Crippen molar-refractivity contribution in [3.8, 4) is 67.5 Å². The molecule has 2 aromatic heterocycles. The maximum atomic E-state index is 12.6. The molecule has 0 radical (unpaired) electrons. The summed E-state index contributed by atoms with van der Waals surface area (Å²) in [5.74, 6) is 0.836. The van der Waals surface area contributed by atoms with Crippen molar-refractivity contribution in [1.82, 2.24) is 14.5 Å². The Morgan fingerprint density at radius 3 is 1.81 bits per heavy atom. The minimum absolute atomic E-state index is 0. The first-order valence-corrected chi connectivity index (χ1v) is 23.6. The Morgan fingerprint density at radius 2 is 1.19 bits per heavy atom. The summed E-state index contributed by atoms with van der Waals surface area (Å²) in [4.78, 5) is 10.5. The number of hydrogen-bond acceptors (Lipinski definition) is 3. The van der Waals surface area contributed by atoms with Gasteiger partial charge in [0.05, 0.1) is 25.0 Å². The molecule has 0 saturated heterocycles. The van der Waals surface area contributed by atoms with Crippen molar-refractivity contribution >= 4 is 11.0 Å². The van der Waals surface area contributed by atoms with Crippen molar-refractivity contribution in [3.05, 3.63) is 167 Å². The zero-order valence-corrected chi connectivity index (χ0v) is 44.2. The topological polar surface area (TPSA) is 50.9 Å². The van der Waals surface area contributed by atoms with Crippen LogP contribution in [0.1, 0.15) is 137 Å². The Labute approximate surface area is 426 Å². The van der Waals surface area contributed by atoms with Gasteiger partial charge in [-0.05, 0) is 97.2 Å². The number of nitrogens with zero attached hydrogens (tertiary/aromatic N) is 3. The Bertz CT molecular complexity index is 3310. The summed E-state index contributed by atoms with van der Waals surface area (Å²) >= 11 is 0. The summed E-state index contributed by atoms with van der Waals surface area (Å²) in [6.45, 7) is 31.8. The molecule has 68 heavy (non-hydrogen) atoms. The van der Waals surface area contributed by atoms with E-state index in [2.05, 4.69) is 179 Å². The van der Waals surface area contributed by atoms with Gasteiger partial charge in [-0.3, -0.25) is 9.55 Å². The average molecular weight is 996 g/mol. The van der Waals surface area contributed by atoms with Crippen LogP contribution in [-0.2, 0) is 48.5 Å². The van der Waals surface area contributed by atoms with Crippen molar-refractivity contribution in [3.63, 3.8) is 0 Å². The van der Waals surface area contributed by atoms with E-state index in [0.29, 0.717) is 33.8 Å². The summed E-state index contributed by atoms with van der Waals surface area (Å²) in [5.41, 5.74) is 12.3. The number of phenolic OH excluding ortho intramolecular Hbond substituents is 1. The third-order valence-electron chi connectivity index (χ3n) is 12.5. The van der Waals surface area contributed by atoms with Crippen LogP contribution in [0.2, 0.25) is 0 Å². The van der Waals surface area contributed by atoms with Crippen LogP contribution in [0.4, 0.5) is 0 Å². The van der Waals surface area contributed by atoms with Crippen LogP contribution in [0.5, 0.6) is 5.75 Å². The zero-order valence-electron chi connectivity index (χ0n) is 46.7. The fraction of sp³-hybridized carbons (Fsp3) is 0.333. The maximum absolute atomic E-state index is 12.6. The third kappa shape index (κ3) is 10.5. The number of rotatable bonds is 7. The number of fused-ring (bicyclic) bond motifs is 1. The second-order valence-electron chi connectivity index (χ2n) is 23.4. The molecule has 0 saturated carbocycles. The fourth-order valence-corrected chi connectivity index (χ4v) is 8.67. The number of para-hydroxylation sites is 1. The Morgan fingerprint density at radius 1 is 0.574 bits per heavy atom. The van der Waals surface area contributed by atoms with Crippen molar-refractivity contribution in [1.29, 1.82) is 0 Å². The second-order valence-corrected chi connectivity index (χ2v) is 23.4. The molecular weight excluding hydrogens is 921 g/mol. The summed E-state index contributed by atoms with van der Waals surface area (Å²) in [5, 5.41) is 12.6. The van der Waals surface area contributed by atoms with Gasteiger partial charge in [0.1, 0.15) is 11.6 Å². The van der Waals surface area contributed by atoms with Crippen LogP contribution in [-0.4, -0.2) is 19.6 Å². The first kappa shape index (κ1) is 44.9. The molecule has 6 aromatic carbocycles. The van der Waals surface area contributed by atoms with Crippen molar-refractivity contribution in [2.75, 3.05) is 0 Å². The molecule has 0 fully saturated rings. The van der Waals surface area contributed by atoms with Gasteiger partial charge in [-0.2, -0.15) is 0 Å². The smallest absolute Gasteiger partial charge is 0.148 e. The van der Waals surface area contributed by atoms with Gasteiger partial charge in [0.25, 0.3) is 0 Å². The summed E-state index contributed by atoms with van der Waals surface area (Å²) in [6, 6.07) is 42.9. The molecule has 8 aromatic rings. The van der Waals surface area contributed by atoms with Crippen LogP contribution in [0.15, 0.2) is 134 Å². The fourth-order valence-electron chi connectivity index (χ4n) is 8.67. The van der Waals surface area contributed by atoms with Crippen LogP contribution >= 0.6 is 0 Å². The molecule has 0 aliphatic heterocycles. The normalized spacial score (nSPS) is 13.7. The molecule has 2 heterocycles. The number of hydrogen-bond donors (Lipinski definition) is 1. The van der Waals surface area contributed by atoms with E-state index in [1.807, 2.05) is 39.0 Å². The van der Waals surface area contributed by atoms with Gasteiger partial charge in [-0.25, -0.2) is 4.98 Å². The van der Waals surface area contributed by atoms with E-state index in [1.54, 1.807) is 18.3 Å². The first-order chi connectivity index (χ1) is 32.9. The predicted molar refractivity (Wildman–Crippen MR) is 285 cm³/mol.